The van der Waals surface area contributed by atoms with Crippen LogP contribution in [0.1, 0.15) is 36.8 Å². The number of halogens is 2. The van der Waals surface area contributed by atoms with Crippen LogP contribution in [-0.2, 0) is 21.4 Å². The first-order valence-corrected chi connectivity index (χ1v) is 10.7. The van der Waals surface area contributed by atoms with Gasteiger partial charge in [0.25, 0.3) is 0 Å². The quantitative estimate of drug-likeness (QED) is 0.730. The number of rotatable bonds is 7. The fourth-order valence-electron chi connectivity index (χ4n) is 3.08. The number of hydrogen-bond acceptors (Lipinski definition) is 5. The third-order valence-electron chi connectivity index (χ3n) is 4.60. The maximum Gasteiger partial charge on any atom is 0.246 e. The van der Waals surface area contributed by atoms with E-state index in [4.69, 9.17) is 16.1 Å². The summed E-state index contributed by atoms with van der Waals surface area (Å²) in [5.41, 5.74) is 0.423. The van der Waals surface area contributed by atoms with Crippen molar-refractivity contribution in [3.63, 3.8) is 0 Å². The van der Waals surface area contributed by atoms with Gasteiger partial charge in [0.2, 0.25) is 15.9 Å². The van der Waals surface area contributed by atoms with Gasteiger partial charge in [0.1, 0.15) is 16.4 Å². The number of nitrogens with one attached hydrogen (secondary N) is 1. The standard InChI is InChI=1S/C18H21ClFN3O4S/c1-10-17(12(3)27-21-10)28(25,26)22-11(2)18(24)23(13-7-8-13)9-14-15(19)5-4-6-16(14)20/h4-6,11,13,22H,7-9H2,1-3H3/t11-/m0/s1. The Labute approximate surface area is 167 Å². The van der Waals surface area contributed by atoms with Gasteiger partial charge in [-0.05, 0) is 45.7 Å². The zero-order valence-corrected chi connectivity index (χ0v) is 17.3. The first kappa shape index (κ1) is 20.8. The summed E-state index contributed by atoms with van der Waals surface area (Å²) in [6, 6.07) is 3.21. The van der Waals surface area contributed by atoms with Crippen LogP contribution >= 0.6 is 11.6 Å². The fourth-order valence-corrected chi connectivity index (χ4v) is 4.82. The molecule has 2 aromatic rings. The SMILES string of the molecule is Cc1noc(C)c1S(=O)(=O)N[C@@H](C)C(=O)N(Cc1c(F)cccc1Cl)C1CC1. The van der Waals surface area contributed by atoms with Crippen molar-refractivity contribution in [2.24, 2.45) is 0 Å². The highest BCUT2D eigenvalue weighted by Gasteiger charge is 2.37. The molecule has 1 amide bonds. The minimum absolute atomic E-state index is 0.0214. The number of sulfonamides is 1. The average molecular weight is 430 g/mol. The third kappa shape index (κ3) is 4.21. The maximum absolute atomic E-state index is 14.2. The molecule has 1 atom stereocenters. The summed E-state index contributed by atoms with van der Waals surface area (Å²) in [5.74, 6) is -0.811. The van der Waals surface area contributed by atoms with Crippen LogP contribution in [0.4, 0.5) is 4.39 Å². The Bertz CT molecular complexity index is 965. The highest BCUT2D eigenvalue weighted by Crippen LogP contribution is 2.31. The Morgan fingerprint density at radius 2 is 2.11 bits per heavy atom. The lowest BCUT2D eigenvalue weighted by Crippen LogP contribution is -2.47. The normalized spacial score (nSPS) is 15.5. The van der Waals surface area contributed by atoms with E-state index in [1.807, 2.05) is 0 Å². The second-order valence-corrected chi connectivity index (χ2v) is 8.95. The monoisotopic (exact) mass is 429 g/mol. The van der Waals surface area contributed by atoms with Gasteiger partial charge in [-0.2, -0.15) is 4.72 Å². The number of nitrogens with zero attached hydrogens (tertiary/aromatic N) is 2. The average Bonchev–Trinajstić information content (AvgIpc) is 3.38. The molecule has 1 saturated carbocycles. The smallest absolute Gasteiger partial charge is 0.246 e. The Hall–Kier alpha value is -1.97. The molecule has 1 aromatic heterocycles. The zero-order valence-electron chi connectivity index (χ0n) is 15.7. The molecule has 1 aliphatic carbocycles. The summed E-state index contributed by atoms with van der Waals surface area (Å²) < 4.78 is 46.8. The van der Waals surface area contributed by atoms with Gasteiger partial charge in [-0.15, -0.1) is 0 Å². The van der Waals surface area contributed by atoms with E-state index in [-0.39, 0.29) is 39.5 Å². The molecule has 1 N–H and O–H groups in total. The predicted molar refractivity (Wildman–Crippen MR) is 101 cm³/mol. The molecular weight excluding hydrogens is 409 g/mol. The van der Waals surface area contributed by atoms with E-state index in [1.54, 1.807) is 6.07 Å². The molecule has 0 unspecified atom stereocenters. The summed E-state index contributed by atoms with van der Waals surface area (Å²) in [7, 11) is -4.00. The van der Waals surface area contributed by atoms with Gasteiger partial charge in [-0.25, -0.2) is 12.8 Å². The lowest BCUT2D eigenvalue weighted by atomic mass is 10.1. The minimum atomic E-state index is -4.00. The number of carbonyl (C=O) groups is 1. The third-order valence-corrected chi connectivity index (χ3v) is 6.74. The first-order valence-electron chi connectivity index (χ1n) is 8.80. The van der Waals surface area contributed by atoms with E-state index in [9.17, 15) is 17.6 Å². The Morgan fingerprint density at radius 1 is 1.43 bits per heavy atom. The zero-order chi connectivity index (χ0) is 20.6. The molecule has 1 heterocycles. The molecular formula is C18H21ClFN3O4S. The van der Waals surface area contributed by atoms with Gasteiger partial charge in [0.15, 0.2) is 5.76 Å². The molecule has 1 aromatic carbocycles. The van der Waals surface area contributed by atoms with Gasteiger partial charge >= 0.3 is 0 Å². The van der Waals surface area contributed by atoms with Gasteiger partial charge in [-0.3, -0.25) is 4.79 Å². The van der Waals surface area contributed by atoms with Crippen LogP contribution < -0.4 is 4.72 Å². The molecule has 7 nitrogen and oxygen atoms in total. The van der Waals surface area contributed by atoms with Gasteiger partial charge in [0.05, 0.1) is 12.6 Å². The Kier molecular flexibility index (Phi) is 5.79. The van der Waals surface area contributed by atoms with E-state index in [2.05, 4.69) is 9.88 Å². The molecule has 0 spiro atoms. The summed E-state index contributed by atoms with van der Waals surface area (Å²) >= 11 is 6.08. The number of hydrogen-bond donors (Lipinski definition) is 1. The topological polar surface area (TPSA) is 92.5 Å². The van der Waals surface area contributed by atoms with Crippen LogP contribution in [0, 0.1) is 19.7 Å². The molecule has 1 aliphatic rings. The molecule has 0 saturated heterocycles. The summed E-state index contributed by atoms with van der Waals surface area (Å²) in [5, 5.41) is 3.86. The van der Waals surface area contributed by atoms with Crippen molar-refractivity contribution in [1.82, 2.24) is 14.8 Å². The first-order chi connectivity index (χ1) is 13.1. The number of benzene rings is 1. The van der Waals surface area contributed by atoms with Crippen LogP contribution in [-0.4, -0.2) is 36.5 Å². The minimum Gasteiger partial charge on any atom is -0.360 e. The summed E-state index contributed by atoms with van der Waals surface area (Å²) in [6.07, 6.45) is 1.56. The van der Waals surface area contributed by atoms with Crippen LogP contribution in [0.15, 0.2) is 27.6 Å². The Balaban J connectivity index is 1.80. The van der Waals surface area contributed by atoms with E-state index >= 15 is 0 Å². The molecule has 152 valence electrons. The molecule has 28 heavy (non-hydrogen) atoms. The second kappa shape index (κ2) is 7.81. The van der Waals surface area contributed by atoms with E-state index in [1.165, 1.54) is 37.8 Å². The van der Waals surface area contributed by atoms with Crippen LogP contribution in [0.3, 0.4) is 0 Å². The van der Waals surface area contributed by atoms with Crippen molar-refractivity contribution in [2.45, 2.75) is 57.1 Å². The molecule has 0 radical (unpaired) electrons. The van der Waals surface area contributed by atoms with Gasteiger partial charge in [-0.1, -0.05) is 22.8 Å². The van der Waals surface area contributed by atoms with Crippen molar-refractivity contribution in [3.8, 4) is 0 Å². The van der Waals surface area contributed by atoms with E-state index < -0.39 is 27.8 Å². The van der Waals surface area contributed by atoms with Gasteiger partial charge in [0, 0.05) is 16.6 Å². The van der Waals surface area contributed by atoms with Crippen molar-refractivity contribution >= 4 is 27.5 Å². The molecule has 10 heteroatoms. The Morgan fingerprint density at radius 3 is 2.64 bits per heavy atom. The molecule has 0 aliphatic heterocycles. The number of carbonyl (C=O) groups excluding carboxylic acids is 1. The number of aromatic nitrogens is 1. The fraction of sp³-hybridized carbons (Fsp3) is 0.444. The van der Waals surface area contributed by atoms with Crippen LogP contribution in [0.5, 0.6) is 0 Å². The van der Waals surface area contributed by atoms with Gasteiger partial charge < -0.3 is 9.42 Å². The van der Waals surface area contributed by atoms with Crippen LogP contribution in [0.2, 0.25) is 5.02 Å². The van der Waals surface area contributed by atoms with E-state index in [0.29, 0.717) is 0 Å². The highest BCUT2D eigenvalue weighted by molar-refractivity contribution is 7.89. The largest absolute Gasteiger partial charge is 0.360 e. The van der Waals surface area contributed by atoms with Crippen LogP contribution in [0.25, 0.3) is 0 Å². The predicted octanol–water partition coefficient (Wildman–Crippen LogP) is 2.94. The second-order valence-electron chi connectivity index (χ2n) is 6.89. The number of amides is 1. The summed E-state index contributed by atoms with van der Waals surface area (Å²) in [6.45, 7) is 4.43. The summed E-state index contributed by atoms with van der Waals surface area (Å²) in [4.78, 5) is 14.4. The molecule has 3 rings (SSSR count). The number of aryl methyl sites for hydroxylation is 2. The van der Waals surface area contributed by atoms with Crippen molar-refractivity contribution in [3.05, 3.63) is 46.1 Å². The lowest BCUT2D eigenvalue weighted by Gasteiger charge is -2.26. The lowest BCUT2D eigenvalue weighted by molar-refractivity contribution is -0.133. The van der Waals surface area contributed by atoms with Crippen molar-refractivity contribution in [1.29, 1.82) is 0 Å². The van der Waals surface area contributed by atoms with E-state index in [0.717, 1.165) is 12.8 Å². The maximum atomic E-state index is 14.2. The van der Waals surface area contributed by atoms with Crippen molar-refractivity contribution in [2.75, 3.05) is 0 Å². The molecule has 1 fully saturated rings. The molecule has 0 bridgehead atoms. The van der Waals surface area contributed by atoms with Crippen molar-refractivity contribution < 1.29 is 22.1 Å². The highest BCUT2D eigenvalue weighted by atomic mass is 35.5.